The first-order chi connectivity index (χ1) is 25.6. The second kappa shape index (κ2) is 13.9. The van der Waals surface area contributed by atoms with Crippen molar-refractivity contribution in [3.05, 3.63) is 69.7 Å². The fraction of sp³-hybridized carbons (Fsp3) is 0.405. The summed E-state index contributed by atoms with van der Waals surface area (Å²) >= 11 is 6.61. The minimum atomic E-state index is -0.955. The van der Waals surface area contributed by atoms with E-state index in [2.05, 4.69) is 48.9 Å². The van der Waals surface area contributed by atoms with E-state index in [9.17, 15) is 19.5 Å². The molecular formula is C37H41ClN10O5. The van der Waals surface area contributed by atoms with Gasteiger partial charge in [0.2, 0.25) is 11.9 Å². The number of para-hydroxylation sites is 1. The Kier molecular flexibility index (Phi) is 9.06. The molecule has 3 saturated heterocycles. The van der Waals surface area contributed by atoms with Gasteiger partial charge in [-0.15, -0.1) is 0 Å². The van der Waals surface area contributed by atoms with Gasteiger partial charge in [0.15, 0.2) is 18.2 Å². The van der Waals surface area contributed by atoms with Crippen molar-refractivity contribution in [1.82, 2.24) is 34.9 Å². The van der Waals surface area contributed by atoms with E-state index in [0.717, 1.165) is 60.3 Å². The zero-order valence-corrected chi connectivity index (χ0v) is 30.4. The number of aliphatic hydroxyl groups excluding tert-OH is 1. The second-order valence-corrected chi connectivity index (χ2v) is 14.5. The number of hydrogen-bond acceptors (Lipinski definition) is 11. The zero-order chi connectivity index (χ0) is 37.0. The van der Waals surface area contributed by atoms with Crippen LogP contribution >= 0.6 is 11.6 Å². The van der Waals surface area contributed by atoms with Gasteiger partial charge in [-0.05, 0) is 55.0 Å². The van der Waals surface area contributed by atoms with Crippen LogP contribution < -0.4 is 36.0 Å². The number of aliphatic hydroxyl groups is 1. The van der Waals surface area contributed by atoms with Gasteiger partial charge in [-0.1, -0.05) is 23.7 Å². The van der Waals surface area contributed by atoms with Crippen LogP contribution in [0.1, 0.15) is 30.9 Å². The predicted octanol–water partition coefficient (Wildman–Crippen LogP) is 3.01. The van der Waals surface area contributed by atoms with E-state index in [0.29, 0.717) is 52.7 Å². The second-order valence-electron chi connectivity index (χ2n) is 14.1. The molecule has 4 atom stereocenters. The molecule has 0 spiro atoms. The quantitative estimate of drug-likeness (QED) is 0.184. The highest BCUT2D eigenvalue weighted by Crippen LogP contribution is 2.40. The number of halogens is 1. The van der Waals surface area contributed by atoms with Gasteiger partial charge >= 0.3 is 0 Å². The van der Waals surface area contributed by atoms with Crippen LogP contribution in [0, 0.1) is 11.8 Å². The van der Waals surface area contributed by atoms with Gasteiger partial charge in [0.25, 0.3) is 11.5 Å². The molecule has 4 N–H and O–H groups in total. The number of aryl methyl sites for hydroxylation is 2. The number of benzene rings is 2. The van der Waals surface area contributed by atoms with Crippen LogP contribution in [0.3, 0.4) is 0 Å². The van der Waals surface area contributed by atoms with Gasteiger partial charge in [-0.25, -0.2) is 4.98 Å². The number of hydrogen-bond donors (Lipinski definition) is 4. The van der Waals surface area contributed by atoms with E-state index in [1.165, 1.54) is 11.6 Å². The predicted molar refractivity (Wildman–Crippen MR) is 202 cm³/mol. The minimum Gasteiger partial charge on any atom is -0.478 e. The van der Waals surface area contributed by atoms with Crippen LogP contribution in [0.25, 0.3) is 21.8 Å². The number of anilines is 4. The number of aromatic nitrogens is 5. The molecule has 4 unspecified atom stereocenters. The van der Waals surface area contributed by atoms with Gasteiger partial charge in [0.05, 0.1) is 28.6 Å². The molecule has 8 rings (SSSR count). The van der Waals surface area contributed by atoms with Crippen LogP contribution in [-0.4, -0.2) is 87.3 Å². The van der Waals surface area contributed by atoms with Crippen LogP contribution in [-0.2, 0) is 23.7 Å². The molecule has 3 fully saturated rings. The molecule has 53 heavy (non-hydrogen) atoms. The Bertz CT molecular complexity index is 2310. The molecular weight excluding hydrogens is 700 g/mol. The molecule has 3 aliphatic rings. The molecule has 276 valence electrons. The van der Waals surface area contributed by atoms with Crippen molar-refractivity contribution < 1.29 is 19.4 Å². The highest BCUT2D eigenvalue weighted by molar-refractivity contribution is 6.33. The van der Waals surface area contributed by atoms with E-state index >= 15 is 0 Å². The van der Waals surface area contributed by atoms with Crippen molar-refractivity contribution in [2.45, 2.75) is 31.4 Å². The Hall–Kier alpha value is -5.41. The van der Waals surface area contributed by atoms with Crippen molar-refractivity contribution >= 4 is 68.4 Å². The molecule has 6 heterocycles. The summed E-state index contributed by atoms with van der Waals surface area (Å²) in [6, 6.07) is 13.4. The third-order valence-electron chi connectivity index (χ3n) is 10.8. The van der Waals surface area contributed by atoms with Crippen LogP contribution in [0.5, 0.6) is 5.75 Å². The van der Waals surface area contributed by atoms with Crippen molar-refractivity contribution in [1.29, 1.82) is 0 Å². The molecule has 0 radical (unpaired) electrons. The van der Waals surface area contributed by atoms with Crippen LogP contribution in [0.2, 0.25) is 5.02 Å². The number of pyridine rings is 1. The summed E-state index contributed by atoms with van der Waals surface area (Å²) in [5.41, 5.74) is 4.04. The smallest absolute Gasteiger partial charge is 0.293 e. The topological polar surface area (TPSA) is 172 Å². The minimum absolute atomic E-state index is 0.0781. The van der Waals surface area contributed by atoms with Gasteiger partial charge in [0.1, 0.15) is 11.3 Å². The molecule has 0 saturated carbocycles. The van der Waals surface area contributed by atoms with E-state index in [1.54, 1.807) is 19.3 Å². The van der Waals surface area contributed by atoms with E-state index < -0.39 is 6.23 Å². The molecule has 0 bridgehead atoms. The number of carbonyl (C=O) groups is 2. The molecule has 16 heteroatoms. The maximum atomic E-state index is 12.8. The number of likely N-dealkylation sites (N-methyl/N-ethyl adjacent to an activating group) is 1. The van der Waals surface area contributed by atoms with Crippen molar-refractivity contribution in [3.63, 3.8) is 0 Å². The molecule has 2 aromatic carbocycles. The first-order valence-corrected chi connectivity index (χ1v) is 18.2. The van der Waals surface area contributed by atoms with E-state index in [1.807, 2.05) is 29.9 Å². The summed E-state index contributed by atoms with van der Waals surface area (Å²) in [5, 5.41) is 26.1. The lowest BCUT2D eigenvalue weighted by molar-refractivity contribution is -0.127. The largest absolute Gasteiger partial charge is 0.478 e. The number of piperidine rings is 2. The molecule has 15 nitrogen and oxygen atoms in total. The Morgan fingerprint density at radius 1 is 1.08 bits per heavy atom. The Morgan fingerprint density at radius 3 is 2.70 bits per heavy atom. The van der Waals surface area contributed by atoms with Gasteiger partial charge in [-0.3, -0.25) is 19.1 Å². The van der Waals surface area contributed by atoms with Crippen molar-refractivity contribution in [3.8, 4) is 5.75 Å². The average molecular weight is 741 g/mol. The van der Waals surface area contributed by atoms with Crippen molar-refractivity contribution in [2.75, 3.05) is 55.0 Å². The summed E-state index contributed by atoms with van der Waals surface area (Å²) in [6.07, 6.45) is 2.57. The summed E-state index contributed by atoms with van der Waals surface area (Å²) in [6.45, 7) is 3.15. The van der Waals surface area contributed by atoms with Crippen LogP contribution in [0.15, 0.2) is 53.5 Å². The van der Waals surface area contributed by atoms with Crippen molar-refractivity contribution in [2.24, 2.45) is 25.9 Å². The number of rotatable bonds is 8. The molecule has 5 aromatic rings. The van der Waals surface area contributed by atoms with Crippen LogP contribution in [0.4, 0.5) is 23.1 Å². The normalized spacial score (nSPS) is 21.5. The maximum Gasteiger partial charge on any atom is 0.293 e. The highest BCUT2D eigenvalue weighted by atomic mass is 35.5. The fourth-order valence-electron chi connectivity index (χ4n) is 8.07. The maximum absolute atomic E-state index is 12.8. The van der Waals surface area contributed by atoms with E-state index in [-0.39, 0.29) is 35.6 Å². The number of nitrogens with zero attached hydrogens (tertiary/aromatic N) is 7. The molecule has 3 aliphatic heterocycles. The number of fused-ring (bicyclic) bond motifs is 3. The molecule has 3 aromatic heterocycles. The average Bonchev–Trinajstić information content (AvgIpc) is 3.73. The summed E-state index contributed by atoms with van der Waals surface area (Å²) in [4.78, 5) is 50.5. The first-order valence-electron chi connectivity index (χ1n) is 17.8. The lowest BCUT2D eigenvalue weighted by Crippen LogP contribution is -2.43. The third-order valence-corrected chi connectivity index (χ3v) is 11.1. The number of ether oxygens (including phenoxy) is 1. The Labute approximate surface area is 309 Å². The lowest BCUT2D eigenvalue weighted by atomic mass is 9.89. The summed E-state index contributed by atoms with van der Waals surface area (Å²) < 4.78 is 8.91. The molecule has 2 amide bonds. The monoisotopic (exact) mass is 740 g/mol. The van der Waals surface area contributed by atoms with Gasteiger partial charge in [-0.2, -0.15) is 10.1 Å². The first kappa shape index (κ1) is 34.7. The number of nitrogens with one attached hydrogen (secondary N) is 3. The Balaban J connectivity index is 0.989. The zero-order valence-electron chi connectivity index (χ0n) is 29.7. The SMILES string of the molecule is CNC(=O)COc1cc2cc(Nc3nc(N4CCC5CN(c6cccc7c(C8CCC(=O)NC8O)nn(C)c67)CC5C4)ncc3Cl)ccc2n(C)c1=O. The van der Waals surface area contributed by atoms with Gasteiger partial charge in [0, 0.05) is 76.1 Å². The number of carbonyl (C=O) groups excluding carboxylic acids is 2. The number of amides is 2. The standard InChI is InChI=1S/C37H41ClN10O5/c1-39-31(50)19-53-29-14-21-13-23(7-9-27(21)45(2)36(29)52)41-34-26(38)15-40-37(43-34)47-12-11-20-16-48(18-22(20)17-47)28-6-4-5-24-32(44-46(3)33(24)28)25-8-10-30(49)42-35(25)51/h4-7,9,13-15,20,22,25,35,51H,8,10-12,16-19H2,1-3H3,(H,39,50)(H,42,49)(H,40,41,43). The van der Waals surface area contributed by atoms with E-state index in [4.69, 9.17) is 26.4 Å². The summed E-state index contributed by atoms with van der Waals surface area (Å²) in [5.74, 6) is 1.31. The molecule has 0 aliphatic carbocycles. The Morgan fingerprint density at radius 2 is 1.89 bits per heavy atom. The summed E-state index contributed by atoms with van der Waals surface area (Å²) in [7, 11) is 5.11. The third kappa shape index (κ3) is 6.48. The lowest BCUT2D eigenvalue weighted by Gasteiger charge is -2.34. The van der Waals surface area contributed by atoms with Gasteiger partial charge < -0.3 is 40.2 Å². The highest BCUT2D eigenvalue weighted by Gasteiger charge is 2.39. The fourth-order valence-corrected chi connectivity index (χ4v) is 8.21.